The van der Waals surface area contributed by atoms with E-state index in [1.807, 2.05) is 19.1 Å². The van der Waals surface area contributed by atoms with Crippen LogP contribution in [0.5, 0.6) is 0 Å². The van der Waals surface area contributed by atoms with Crippen molar-refractivity contribution in [3.8, 4) is 0 Å². The lowest BCUT2D eigenvalue weighted by Gasteiger charge is -2.16. The van der Waals surface area contributed by atoms with Crippen molar-refractivity contribution in [3.63, 3.8) is 0 Å². The number of sulfonamides is 1. The molecule has 8 heteroatoms. The molecule has 0 saturated heterocycles. The largest absolute Gasteiger partial charge is 0.345 e. The first-order valence-corrected chi connectivity index (χ1v) is 9.61. The monoisotopic (exact) mass is 400 g/mol. The summed E-state index contributed by atoms with van der Waals surface area (Å²) in [5.74, 6) is -0.455. The third kappa shape index (κ3) is 4.52. The highest BCUT2D eigenvalue weighted by Crippen LogP contribution is 2.23. The Hall–Kier alpha value is -1.60. The summed E-state index contributed by atoms with van der Waals surface area (Å²) in [6, 6.07) is 10.8. The van der Waals surface area contributed by atoms with Crippen LogP contribution in [-0.4, -0.2) is 32.7 Å². The molecule has 0 bridgehead atoms. The van der Waals surface area contributed by atoms with Gasteiger partial charge in [0.2, 0.25) is 10.0 Å². The van der Waals surface area contributed by atoms with E-state index in [-0.39, 0.29) is 21.5 Å². The van der Waals surface area contributed by atoms with Gasteiger partial charge in [-0.2, -0.15) is 0 Å². The van der Waals surface area contributed by atoms with Crippen molar-refractivity contribution in [3.05, 3.63) is 63.6 Å². The molecule has 134 valence electrons. The summed E-state index contributed by atoms with van der Waals surface area (Å²) in [6.07, 6.45) is 0. The summed E-state index contributed by atoms with van der Waals surface area (Å²) in [5, 5.41) is 3.59. The van der Waals surface area contributed by atoms with Crippen LogP contribution in [-0.2, 0) is 10.0 Å². The highest BCUT2D eigenvalue weighted by Gasteiger charge is 2.21. The maximum Gasteiger partial charge on any atom is 0.253 e. The number of rotatable bonds is 5. The summed E-state index contributed by atoms with van der Waals surface area (Å²) in [5.41, 5.74) is 0.969. The van der Waals surface area contributed by atoms with Crippen LogP contribution < -0.4 is 5.32 Å². The first kappa shape index (κ1) is 19.7. The average molecular weight is 401 g/mol. The Kier molecular flexibility index (Phi) is 6.11. The lowest BCUT2D eigenvalue weighted by molar-refractivity contribution is 0.0940. The molecule has 2 aromatic rings. The Morgan fingerprint density at radius 3 is 2.24 bits per heavy atom. The molecule has 0 aliphatic rings. The van der Waals surface area contributed by atoms with Crippen LogP contribution in [0.3, 0.4) is 0 Å². The van der Waals surface area contributed by atoms with Crippen LogP contribution in [0.4, 0.5) is 0 Å². The lowest BCUT2D eigenvalue weighted by atomic mass is 10.1. The molecule has 25 heavy (non-hydrogen) atoms. The Balaban J connectivity index is 2.28. The molecule has 1 atom stereocenters. The van der Waals surface area contributed by atoms with Gasteiger partial charge in [-0.3, -0.25) is 4.79 Å². The number of benzene rings is 2. The zero-order chi connectivity index (χ0) is 18.8. The zero-order valence-electron chi connectivity index (χ0n) is 14.0. The van der Waals surface area contributed by atoms with Gasteiger partial charge < -0.3 is 5.32 Å². The van der Waals surface area contributed by atoms with Gasteiger partial charge in [-0.25, -0.2) is 12.7 Å². The van der Waals surface area contributed by atoms with E-state index in [0.717, 1.165) is 9.87 Å². The predicted octanol–water partition coefficient (Wildman–Crippen LogP) is 3.73. The number of nitrogens with one attached hydrogen (secondary N) is 1. The maximum atomic E-state index is 12.5. The lowest BCUT2D eigenvalue weighted by Crippen LogP contribution is -2.27. The second-order valence-corrected chi connectivity index (χ2v) is 8.67. The van der Waals surface area contributed by atoms with Crippen LogP contribution >= 0.6 is 23.2 Å². The Morgan fingerprint density at radius 1 is 1.08 bits per heavy atom. The Labute approximate surface area is 157 Å². The van der Waals surface area contributed by atoms with Crippen molar-refractivity contribution >= 4 is 39.1 Å². The second kappa shape index (κ2) is 7.74. The van der Waals surface area contributed by atoms with Crippen LogP contribution in [0.25, 0.3) is 0 Å². The van der Waals surface area contributed by atoms with Gasteiger partial charge in [-0.15, -0.1) is 0 Å². The van der Waals surface area contributed by atoms with E-state index in [1.54, 1.807) is 12.1 Å². The molecule has 1 N–H and O–H groups in total. The van der Waals surface area contributed by atoms with Crippen molar-refractivity contribution in [1.29, 1.82) is 0 Å². The van der Waals surface area contributed by atoms with E-state index in [9.17, 15) is 13.2 Å². The molecule has 2 rings (SSSR count). The smallest absolute Gasteiger partial charge is 0.253 e. The van der Waals surface area contributed by atoms with Gasteiger partial charge in [0, 0.05) is 19.1 Å². The first-order chi connectivity index (χ1) is 11.6. The van der Waals surface area contributed by atoms with Crippen LogP contribution in [0.2, 0.25) is 10.0 Å². The highest BCUT2D eigenvalue weighted by atomic mass is 35.5. The summed E-state index contributed by atoms with van der Waals surface area (Å²) >= 11 is 11.9. The molecule has 0 radical (unpaired) electrons. The van der Waals surface area contributed by atoms with Crippen LogP contribution in [0, 0.1) is 0 Å². The fourth-order valence-electron chi connectivity index (χ4n) is 2.16. The molecule has 2 aromatic carbocycles. The normalized spacial score (nSPS) is 12.9. The highest BCUT2D eigenvalue weighted by molar-refractivity contribution is 7.89. The zero-order valence-corrected chi connectivity index (χ0v) is 16.3. The van der Waals surface area contributed by atoms with Crippen molar-refractivity contribution in [2.75, 3.05) is 14.1 Å². The van der Waals surface area contributed by atoms with Crippen LogP contribution in [0.15, 0.2) is 47.4 Å². The van der Waals surface area contributed by atoms with Crippen molar-refractivity contribution < 1.29 is 13.2 Å². The molecule has 1 amide bonds. The van der Waals surface area contributed by atoms with Crippen molar-refractivity contribution in [2.24, 2.45) is 0 Å². The van der Waals surface area contributed by atoms with E-state index >= 15 is 0 Å². The quantitative estimate of drug-likeness (QED) is 0.830. The Bertz CT molecular complexity index is 881. The first-order valence-electron chi connectivity index (χ1n) is 7.41. The predicted molar refractivity (Wildman–Crippen MR) is 99.7 cm³/mol. The van der Waals surface area contributed by atoms with E-state index in [2.05, 4.69) is 5.32 Å². The third-order valence-electron chi connectivity index (χ3n) is 3.68. The average Bonchev–Trinajstić information content (AvgIpc) is 2.55. The number of carbonyl (C=O) groups is 1. The van der Waals surface area contributed by atoms with Gasteiger partial charge in [0.15, 0.2) is 0 Å². The second-order valence-electron chi connectivity index (χ2n) is 5.68. The molecule has 0 aliphatic heterocycles. The number of halogens is 2. The van der Waals surface area contributed by atoms with Gasteiger partial charge in [-0.05, 0) is 42.8 Å². The van der Waals surface area contributed by atoms with Gasteiger partial charge in [0.25, 0.3) is 5.91 Å². The number of nitrogens with zero attached hydrogens (tertiary/aromatic N) is 1. The van der Waals surface area contributed by atoms with E-state index in [1.165, 1.54) is 32.3 Å². The SMILES string of the molecule is CC(NC(=O)c1cc(S(=O)(=O)N(C)C)ccc1Cl)c1ccc(Cl)cc1. The molecule has 0 fully saturated rings. The van der Waals surface area contributed by atoms with E-state index < -0.39 is 15.9 Å². The van der Waals surface area contributed by atoms with Gasteiger partial charge in [0.1, 0.15) is 0 Å². The molecule has 5 nitrogen and oxygen atoms in total. The van der Waals surface area contributed by atoms with Crippen molar-refractivity contribution in [1.82, 2.24) is 9.62 Å². The molecular weight excluding hydrogens is 383 g/mol. The molecule has 1 unspecified atom stereocenters. The standard InChI is InChI=1S/C17H18Cl2N2O3S/c1-11(12-4-6-13(18)7-5-12)20-17(22)15-10-14(8-9-16(15)19)25(23,24)21(2)3/h4-11H,1-3H3,(H,20,22). The van der Waals surface area contributed by atoms with E-state index in [0.29, 0.717) is 5.02 Å². The van der Waals surface area contributed by atoms with E-state index in [4.69, 9.17) is 23.2 Å². The molecule has 0 aliphatic carbocycles. The van der Waals surface area contributed by atoms with Gasteiger partial charge in [0.05, 0.1) is 21.5 Å². The number of hydrogen-bond acceptors (Lipinski definition) is 3. The summed E-state index contributed by atoms with van der Waals surface area (Å²) in [6.45, 7) is 1.81. The maximum absolute atomic E-state index is 12.5. The van der Waals surface area contributed by atoms with Gasteiger partial charge >= 0.3 is 0 Å². The summed E-state index contributed by atoms with van der Waals surface area (Å²) in [4.78, 5) is 12.5. The minimum atomic E-state index is -3.66. The number of hydrogen-bond donors (Lipinski definition) is 1. The molecule has 0 heterocycles. The molecular formula is C17H18Cl2N2O3S. The fourth-order valence-corrected chi connectivity index (χ4v) is 3.42. The molecule has 0 saturated carbocycles. The topological polar surface area (TPSA) is 66.5 Å². The number of carbonyl (C=O) groups excluding carboxylic acids is 1. The minimum Gasteiger partial charge on any atom is -0.345 e. The summed E-state index contributed by atoms with van der Waals surface area (Å²) < 4.78 is 25.5. The fraction of sp³-hybridized carbons (Fsp3) is 0.235. The Morgan fingerprint density at radius 2 is 1.68 bits per heavy atom. The summed E-state index contributed by atoms with van der Waals surface area (Å²) in [7, 11) is -0.809. The van der Waals surface area contributed by atoms with Crippen molar-refractivity contribution in [2.45, 2.75) is 17.9 Å². The third-order valence-corrected chi connectivity index (χ3v) is 6.07. The molecule has 0 aromatic heterocycles. The molecule has 0 spiro atoms. The minimum absolute atomic E-state index is 0.00574. The van der Waals surface area contributed by atoms with Crippen LogP contribution in [0.1, 0.15) is 28.9 Å². The van der Waals surface area contributed by atoms with Gasteiger partial charge in [-0.1, -0.05) is 35.3 Å². The number of amides is 1.